The first-order valence-corrected chi connectivity index (χ1v) is 20.3. The van der Waals surface area contributed by atoms with E-state index in [0.29, 0.717) is 19.3 Å². The Kier molecular flexibility index (Phi) is 10.9. The summed E-state index contributed by atoms with van der Waals surface area (Å²) < 4.78 is 30.4. The Balaban J connectivity index is 1.24. The van der Waals surface area contributed by atoms with Crippen molar-refractivity contribution in [2.45, 2.75) is 160 Å². The Morgan fingerprint density at radius 2 is 1.56 bits per heavy atom. The average Bonchev–Trinajstić information content (AvgIpc) is 3.37. The highest BCUT2D eigenvalue weighted by atomic mass is 16.8. The van der Waals surface area contributed by atoms with E-state index in [0.717, 1.165) is 11.1 Å². The van der Waals surface area contributed by atoms with E-state index in [1.165, 1.54) is 6.92 Å². The second-order valence-electron chi connectivity index (χ2n) is 19.4. The molecule has 0 radical (unpaired) electrons. The van der Waals surface area contributed by atoms with Gasteiger partial charge in [0.1, 0.15) is 42.4 Å². The zero-order chi connectivity index (χ0) is 41.9. The summed E-state index contributed by atoms with van der Waals surface area (Å²) in [5.41, 5.74) is -2.98. The van der Waals surface area contributed by atoms with Crippen LogP contribution in [-0.4, -0.2) is 145 Å². The molecule has 7 aliphatic rings. The van der Waals surface area contributed by atoms with Crippen LogP contribution in [0, 0.1) is 39.4 Å². The summed E-state index contributed by atoms with van der Waals surface area (Å²) in [6.07, 6.45) is -9.23. The molecule has 15 nitrogen and oxygen atoms in total. The van der Waals surface area contributed by atoms with Gasteiger partial charge < -0.3 is 64.5 Å². The third-order valence-electron chi connectivity index (χ3n) is 15.5. The molecule has 3 aliphatic heterocycles. The highest BCUT2D eigenvalue weighted by molar-refractivity contribution is 6.02. The molecule has 5 fully saturated rings. The molecule has 320 valence electrons. The van der Waals surface area contributed by atoms with Gasteiger partial charge >= 0.3 is 0 Å². The Bertz CT molecular complexity index is 1700. The predicted molar refractivity (Wildman–Crippen MR) is 199 cm³/mol. The quantitative estimate of drug-likeness (QED) is 0.164. The van der Waals surface area contributed by atoms with Gasteiger partial charge in [0.05, 0.1) is 42.5 Å². The fraction of sp³-hybridized carbons (Fsp3) is 0.810. The molecule has 7 rings (SSSR count). The van der Waals surface area contributed by atoms with Gasteiger partial charge in [0.2, 0.25) is 12.1 Å². The van der Waals surface area contributed by atoms with Crippen LogP contribution in [-0.2, 0) is 33.3 Å². The lowest BCUT2D eigenvalue weighted by atomic mass is 9.39. The molecular weight excluding hydrogens is 744 g/mol. The molecule has 2 saturated carbocycles. The standard InChI is InChI=1S/C42H62O15/c1-18(16-43)11-20-13-41(7,52)34-24(54-20)14-39(5)26-10-9-21-22(42(26,8)27(45)15-40(34,39)6)12-23(35(51)38(21,3)4)55-37-33(31(49)29(47)25(17-44)56-37)57-36-32(50)30(48)28(46)19(2)53-36/h9,11-12,19-20,22,24-26,28-34,36-37,43-44,46-50,52H,10,13-17H2,1-8H3/b18-11+/t19-,20+,22+,24+,25+,26?,28-,29+,30+,31-,32+,33+,34-,36?,37+,39-,40+,41-,42-/m0/s1. The van der Waals surface area contributed by atoms with Crippen LogP contribution in [0.25, 0.3) is 0 Å². The van der Waals surface area contributed by atoms with E-state index in [4.69, 9.17) is 23.7 Å². The maximum atomic E-state index is 15.0. The second-order valence-corrected chi connectivity index (χ2v) is 19.4. The van der Waals surface area contributed by atoms with Crippen LogP contribution in [0.1, 0.15) is 81.1 Å². The van der Waals surface area contributed by atoms with Crippen molar-refractivity contribution in [3.63, 3.8) is 0 Å². The molecule has 0 amide bonds. The summed E-state index contributed by atoms with van der Waals surface area (Å²) >= 11 is 0. The topological polar surface area (TPSA) is 242 Å². The van der Waals surface area contributed by atoms with Gasteiger partial charge in [0.15, 0.2) is 18.2 Å². The summed E-state index contributed by atoms with van der Waals surface area (Å²) in [6, 6.07) is 0. The van der Waals surface area contributed by atoms with Gasteiger partial charge in [-0.05, 0) is 75.9 Å². The number of allylic oxidation sites excluding steroid dienone is 4. The van der Waals surface area contributed by atoms with Crippen molar-refractivity contribution in [1.29, 1.82) is 0 Å². The maximum absolute atomic E-state index is 15.0. The summed E-state index contributed by atoms with van der Waals surface area (Å²) in [5, 5.41) is 85.3. The molecule has 19 atom stereocenters. The molecule has 0 bridgehead atoms. The van der Waals surface area contributed by atoms with Gasteiger partial charge in [0, 0.05) is 30.1 Å². The number of carbonyl (C=O) groups excluding carboxylic acids is 2. The number of Topliss-reactive ketones (excluding diaryl/α,β-unsaturated/α-hetero) is 2. The number of carbonyl (C=O) groups is 2. The minimum atomic E-state index is -1.79. The smallest absolute Gasteiger partial charge is 0.229 e. The molecule has 0 aromatic rings. The van der Waals surface area contributed by atoms with Crippen molar-refractivity contribution >= 4 is 11.6 Å². The fourth-order valence-corrected chi connectivity index (χ4v) is 12.2. The molecule has 15 heteroatoms. The number of ether oxygens (including phenoxy) is 5. The number of aliphatic hydroxyl groups excluding tert-OH is 7. The van der Waals surface area contributed by atoms with Gasteiger partial charge in [0.25, 0.3) is 0 Å². The molecule has 4 aliphatic carbocycles. The van der Waals surface area contributed by atoms with E-state index in [1.807, 2.05) is 26.8 Å². The van der Waals surface area contributed by atoms with Crippen molar-refractivity contribution in [2.24, 2.45) is 39.4 Å². The van der Waals surface area contributed by atoms with E-state index >= 15 is 4.79 Å². The van der Waals surface area contributed by atoms with Gasteiger partial charge in [-0.3, -0.25) is 9.59 Å². The maximum Gasteiger partial charge on any atom is 0.229 e. The van der Waals surface area contributed by atoms with Crippen molar-refractivity contribution in [3.8, 4) is 0 Å². The highest BCUT2D eigenvalue weighted by Crippen LogP contribution is 2.75. The number of hydrogen-bond acceptors (Lipinski definition) is 15. The van der Waals surface area contributed by atoms with Gasteiger partial charge in [-0.25, -0.2) is 0 Å². The number of rotatable bonds is 7. The minimum absolute atomic E-state index is 0.00858. The SMILES string of the molecule is C/C(=C\[C@@H]1C[C@](C)(O)[C@H]2[C@@H](C[C@@]3(C)C4CC=C5[C@@H](C=C(O[C@@H]6O[C@H](CO)[C@@H](O)[C@H](O)[C@H]6OC6O[C@@H](C)[C@H](O)[C@@H](O)[C@H]6O)C(=O)C5(C)C)[C@]4(C)C(=O)C[C@]23C)O1)CO. The Morgan fingerprint density at radius 3 is 2.21 bits per heavy atom. The summed E-state index contributed by atoms with van der Waals surface area (Å²) in [4.78, 5) is 29.4. The van der Waals surface area contributed by atoms with Crippen LogP contribution in [0.15, 0.2) is 35.1 Å². The monoisotopic (exact) mass is 806 g/mol. The van der Waals surface area contributed by atoms with Crippen LogP contribution in [0.4, 0.5) is 0 Å². The molecule has 2 unspecified atom stereocenters. The van der Waals surface area contributed by atoms with E-state index < -0.39 is 113 Å². The minimum Gasteiger partial charge on any atom is -0.459 e. The lowest BCUT2D eigenvalue weighted by Gasteiger charge is -2.64. The lowest BCUT2D eigenvalue weighted by Crippen LogP contribution is -2.65. The van der Waals surface area contributed by atoms with Gasteiger partial charge in [-0.2, -0.15) is 0 Å². The fourth-order valence-electron chi connectivity index (χ4n) is 12.2. The van der Waals surface area contributed by atoms with Crippen molar-refractivity contribution in [2.75, 3.05) is 13.2 Å². The summed E-state index contributed by atoms with van der Waals surface area (Å²) in [5.74, 6) is -1.82. The molecular formula is C42H62O15. The normalized spacial score (nSPS) is 52.2. The van der Waals surface area contributed by atoms with Crippen LogP contribution in [0.5, 0.6) is 0 Å². The van der Waals surface area contributed by atoms with Gasteiger partial charge in [-0.15, -0.1) is 0 Å². The molecule has 8 N–H and O–H groups in total. The summed E-state index contributed by atoms with van der Waals surface area (Å²) in [7, 11) is 0. The first-order chi connectivity index (χ1) is 26.5. The number of ketones is 2. The van der Waals surface area contributed by atoms with Crippen LogP contribution < -0.4 is 0 Å². The number of hydrogen-bond donors (Lipinski definition) is 8. The van der Waals surface area contributed by atoms with Crippen molar-refractivity contribution in [3.05, 3.63) is 35.1 Å². The molecule has 0 aromatic carbocycles. The van der Waals surface area contributed by atoms with Crippen molar-refractivity contribution < 1.29 is 74.1 Å². The van der Waals surface area contributed by atoms with E-state index in [-0.39, 0.29) is 42.5 Å². The van der Waals surface area contributed by atoms with E-state index in [2.05, 4.69) is 19.9 Å². The number of fused-ring (bicyclic) bond motifs is 7. The molecule has 57 heavy (non-hydrogen) atoms. The lowest BCUT2D eigenvalue weighted by molar-refractivity contribution is -0.360. The predicted octanol–water partition coefficient (Wildman–Crippen LogP) is 0.569. The molecule has 3 heterocycles. The zero-order valence-electron chi connectivity index (χ0n) is 34.1. The highest BCUT2D eigenvalue weighted by Gasteiger charge is 2.75. The third-order valence-corrected chi connectivity index (χ3v) is 15.5. The summed E-state index contributed by atoms with van der Waals surface area (Å²) in [6.45, 7) is 14.0. The van der Waals surface area contributed by atoms with Crippen LogP contribution in [0.3, 0.4) is 0 Å². The second kappa shape index (κ2) is 14.5. The average molecular weight is 807 g/mol. The molecule has 0 aromatic heterocycles. The van der Waals surface area contributed by atoms with E-state index in [9.17, 15) is 45.6 Å². The number of aliphatic hydroxyl groups is 8. The first kappa shape index (κ1) is 43.0. The van der Waals surface area contributed by atoms with Crippen LogP contribution in [0.2, 0.25) is 0 Å². The molecule has 3 saturated heterocycles. The largest absolute Gasteiger partial charge is 0.459 e. The van der Waals surface area contributed by atoms with Crippen LogP contribution >= 0.6 is 0 Å². The Hall–Kier alpha value is -2.12. The zero-order valence-corrected chi connectivity index (χ0v) is 34.1. The Morgan fingerprint density at radius 1 is 0.877 bits per heavy atom. The van der Waals surface area contributed by atoms with E-state index in [1.54, 1.807) is 19.9 Å². The van der Waals surface area contributed by atoms with Gasteiger partial charge in [-0.1, -0.05) is 38.5 Å². The first-order valence-electron chi connectivity index (χ1n) is 20.3. The Labute approximate surface area is 333 Å². The van der Waals surface area contributed by atoms with Crippen molar-refractivity contribution in [1.82, 2.24) is 0 Å². The molecule has 0 spiro atoms. The third kappa shape index (κ3) is 6.37.